The van der Waals surface area contributed by atoms with E-state index in [0.717, 1.165) is 0 Å². The summed E-state index contributed by atoms with van der Waals surface area (Å²) in [5.41, 5.74) is 0. The van der Waals surface area contributed by atoms with E-state index in [1.54, 1.807) is 0 Å². The van der Waals surface area contributed by atoms with Gasteiger partial charge in [-0.1, -0.05) is 0 Å². The normalized spacial score (nSPS) is 7.81. The van der Waals surface area contributed by atoms with E-state index in [1.165, 1.54) is 0 Å². The number of carboxylic acids is 4. The summed E-state index contributed by atoms with van der Waals surface area (Å²) < 4.78 is 0. The van der Waals surface area contributed by atoms with Gasteiger partial charge in [0.05, 0.1) is 0 Å². The fourth-order valence-electron chi connectivity index (χ4n) is 1.10. The summed E-state index contributed by atoms with van der Waals surface area (Å²) >= 11 is 0. The van der Waals surface area contributed by atoms with Gasteiger partial charge in [0.2, 0.25) is 0 Å². The number of hydrogen-bond acceptors (Lipinski definition) is 9. The van der Waals surface area contributed by atoms with Crippen LogP contribution in [0.1, 0.15) is 51.4 Å². The monoisotopic (exact) mass is 426 g/mol. The van der Waals surface area contributed by atoms with Crippen LogP contribution in [0.15, 0.2) is 0 Å². The molecule has 0 rings (SSSR count). The van der Waals surface area contributed by atoms with Crippen molar-refractivity contribution >= 4 is 31.2 Å². The predicted octanol–water partition coefficient (Wildman–Crippen LogP) is -3.92. The van der Waals surface area contributed by atoms with E-state index in [9.17, 15) is 19.2 Å². The number of carboxylic acid groups (broad SMARTS) is 4. The Kier molecular flexibility index (Phi) is 45.6. The molecule has 0 fully saturated rings. The molecule has 0 aliphatic rings. The molecule has 0 spiro atoms. The van der Waals surface area contributed by atoms with E-state index in [2.05, 4.69) is 0 Å². The predicted molar refractivity (Wildman–Crippen MR) is 87.7 cm³/mol. The second-order valence-corrected chi connectivity index (χ2v) is 4.32. The van der Waals surface area contributed by atoms with Crippen molar-refractivity contribution in [3.05, 3.63) is 0 Å². The van der Waals surface area contributed by atoms with E-state index < -0.39 is 31.2 Å². The molecule has 0 radical (unpaired) electrons. The van der Waals surface area contributed by atoms with Gasteiger partial charge in [-0.3, -0.25) is 19.2 Å². The standard InChI is InChI=1S/2C6H10O4.BH2O3.K.2H3N/c2*7-5(8)3-1-2-4-6(9)10;2-1(3)4;;;/h2*1-4H2,(H,7,8)(H,9,10);2-3H;;2*1H3/q;;-1;+1;;. The topological polar surface area (TPSA) is 283 Å². The van der Waals surface area contributed by atoms with Gasteiger partial charge in [0.1, 0.15) is 0 Å². The van der Waals surface area contributed by atoms with Gasteiger partial charge in [-0.05, 0) is 25.7 Å². The molecule has 0 amide bonds. The summed E-state index contributed by atoms with van der Waals surface area (Å²) in [6, 6.07) is 0. The Morgan fingerprint density at radius 1 is 0.593 bits per heavy atom. The molecular formula is C12H28BKN2O11. The second kappa shape index (κ2) is 30.1. The number of hydrogen-bond donors (Lipinski definition) is 8. The fourth-order valence-corrected chi connectivity index (χ4v) is 1.10. The summed E-state index contributed by atoms with van der Waals surface area (Å²) in [7, 11) is -2.42. The summed E-state index contributed by atoms with van der Waals surface area (Å²) in [4.78, 5) is 39.6. The SMILES string of the molecule is N.N.O=C(O)CCCCC(=O)O.O=C(O)CCCCC(=O)O.[K+].[O-]B(O)O. The van der Waals surface area contributed by atoms with E-state index in [-0.39, 0.29) is 89.4 Å². The number of rotatable bonds is 10. The van der Waals surface area contributed by atoms with Crippen LogP contribution in [0.2, 0.25) is 0 Å². The maximum absolute atomic E-state index is 9.90. The van der Waals surface area contributed by atoms with E-state index in [0.29, 0.717) is 25.7 Å². The molecule has 0 aromatic carbocycles. The first-order chi connectivity index (χ1) is 11.0. The summed E-state index contributed by atoms with van der Waals surface area (Å²) in [5, 5.41) is 55.3. The van der Waals surface area contributed by atoms with Gasteiger partial charge in [-0.15, -0.1) is 0 Å². The molecule has 156 valence electrons. The third-order valence-electron chi connectivity index (χ3n) is 2.06. The van der Waals surface area contributed by atoms with E-state index >= 15 is 0 Å². The Bertz CT molecular complexity index is 320. The molecule has 0 unspecified atom stereocenters. The van der Waals surface area contributed by atoms with Gasteiger partial charge in [0, 0.05) is 25.7 Å². The molecule has 27 heavy (non-hydrogen) atoms. The van der Waals surface area contributed by atoms with Crippen LogP contribution in [0.25, 0.3) is 0 Å². The molecular weight excluding hydrogens is 398 g/mol. The quantitative estimate of drug-likeness (QED) is 0.122. The minimum atomic E-state index is -2.42. The van der Waals surface area contributed by atoms with Crippen molar-refractivity contribution in [2.45, 2.75) is 51.4 Å². The van der Waals surface area contributed by atoms with Crippen molar-refractivity contribution in [3.63, 3.8) is 0 Å². The molecule has 0 atom stereocenters. The van der Waals surface area contributed by atoms with E-state index in [1.807, 2.05) is 0 Å². The first-order valence-electron chi connectivity index (χ1n) is 6.88. The molecule has 0 aromatic heterocycles. The summed E-state index contributed by atoms with van der Waals surface area (Å²) in [6.45, 7) is 0. The molecule has 0 saturated carbocycles. The van der Waals surface area contributed by atoms with Crippen molar-refractivity contribution in [2.75, 3.05) is 0 Å². The Labute approximate surface area is 199 Å². The van der Waals surface area contributed by atoms with Crippen molar-refractivity contribution in [1.82, 2.24) is 12.3 Å². The van der Waals surface area contributed by atoms with Crippen LogP contribution in [-0.4, -0.2) is 61.7 Å². The van der Waals surface area contributed by atoms with Crippen molar-refractivity contribution in [1.29, 1.82) is 0 Å². The van der Waals surface area contributed by atoms with Gasteiger partial charge in [-0.2, -0.15) is 0 Å². The maximum atomic E-state index is 9.90. The smallest absolute Gasteiger partial charge is 0.832 e. The number of carbonyl (C=O) groups is 4. The molecule has 13 nitrogen and oxygen atoms in total. The number of unbranched alkanes of at least 4 members (excludes halogenated alkanes) is 2. The molecule has 0 aromatic rings. The molecule has 0 aliphatic carbocycles. The maximum Gasteiger partial charge on any atom is 1.00 e. The molecule has 0 saturated heterocycles. The third-order valence-corrected chi connectivity index (χ3v) is 2.06. The molecule has 0 heterocycles. The molecule has 15 heteroatoms. The van der Waals surface area contributed by atoms with Crippen molar-refractivity contribution in [2.24, 2.45) is 0 Å². The largest absolute Gasteiger partial charge is 1.00 e. The summed E-state index contributed by atoms with van der Waals surface area (Å²) in [5.74, 6) is -3.48. The van der Waals surface area contributed by atoms with Crippen LogP contribution in [-0.2, 0) is 19.2 Å². The van der Waals surface area contributed by atoms with Crippen LogP contribution in [0.4, 0.5) is 0 Å². The Morgan fingerprint density at radius 3 is 0.778 bits per heavy atom. The van der Waals surface area contributed by atoms with Gasteiger partial charge < -0.3 is 47.8 Å². The van der Waals surface area contributed by atoms with Crippen LogP contribution >= 0.6 is 0 Å². The zero-order chi connectivity index (χ0) is 19.5. The fraction of sp³-hybridized carbons (Fsp3) is 0.667. The molecule has 0 aliphatic heterocycles. The second-order valence-electron chi connectivity index (χ2n) is 4.32. The summed E-state index contributed by atoms with van der Waals surface area (Å²) in [6.07, 6.45) is 2.04. The van der Waals surface area contributed by atoms with Gasteiger partial charge >= 0.3 is 82.6 Å². The van der Waals surface area contributed by atoms with Gasteiger partial charge in [-0.25, -0.2) is 0 Å². The van der Waals surface area contributed by atoms with Gasteiger partial charge in [0.15, 0.2) is 0 Å². The zero-order valence-corrected chi connectivity index (χ0v) is 18.5. The molecule has 0 bridgehead atoms. The van der Waals surface area contributed by atoms with Crippen LogP contribution in [0, 0.1) is 0 Å². The minimum absolute atomic E-state index is 0. The molecule has 12 N–H and O–H groups in total. The first-order valence-corrected chi connectivity index (χ1v) is 6.88. The number of aliphatic carboxylic acids is 4. The Balaban J connectivity index is -0.0000000624. The zero-order valence-electron chi connectivity index (χ0n) is 15.4. The van der Waals surface area contributed by atoms with Crippen molar-refractivity contribution in [3.8, 4) is 0 Å². The average molecular weight is 426 g/mol. The van der Waals surface area contributed by atoms with E-state index in [4.69, 9.17) is 35.5 Å². The van der Waals surface area contributed by atoms with Crippen LogP contribution in [0.3, 0.4) is 0 Å². The average Bonchev–Trinajstić information content (AvgIpc) is 2.39. The van der Waals surface area contributed by atoms with Crippen molar-refractivity contribution < 1.29 is 106 Å². The van der Waals surface area contributed by atoms with Crippen LogP contribution in [0.5, 0.6) is 0 Å². The minimum Gasteiger partial charge on any atom is -0.832 e. The Morgan fingerprint density at radius 2 is 0.704 bits per heavy atom. The first kappa shape index (κ1) is 40.9. The van der Waals surface area contributed by atoms with Gasteiger partial charge in [0.25, 0.3) is 0 Å². The third kappa shape index (κ3) is 77.5. The Hall–Kier alpha value is -0.619. The van der Waals surface area contributed by atoms with Crippen LogP contribution < -0.4 is 68.7 Å².